The summed E-state index contributed by atoms with van der Waals surface area (Å²) in [5.41, 5.74) is 21.4. The van der Waals surface area contributed by atoms with Gasteiger partial charge in [-0.25, -0.2) is 4.79 Å². The molecule has 1 saturated heterocycles. The van der Waals surface area contributed by atoms with E-state index in [2.05, 4.69) is 28.6 Å². The fraction of sp³-hybridized carbons (Fsp3) is 0.696. The van der Waals surface area contributed by atoms with Gasteiger partial charge in [-0.1, -0.05) is 0 Å². The summed E-state index contributed by atoms with van der Waals surface area (Å²) < 4.78 is 0. The number of carbonyl (C=O) groups excluding carboxylic acids is 6. The van der Waals surface area contributed by atoms with Crippen molar-refractivity contribution in [2.24, 2.45) is 22.9 Å². The summed E-state index contributed by atoms with van der Waals surface area (Å²) in [5.74, 6) is -6.06. The van der Waals surface area contributed by atoms with Crippen molar-refractivity contribution in [1.82, 2.24) is 20.9 Å². The van der Waals surface area contributed by atoms with Gasteiger partial charge >= 0.3 is 5.97 Å². The molecule has 226 valence electrons. The fourth-order valence-electron chi connectivity index (χ4n) is 4.10. The van der Waals surface area contributed by atoms with E-state index in [1.165, 1.54) is 4.90 Å². The zero-order chi connectivity index (χ0) is 30.4. The van der Waals surface area contributed by atoms with Gasteiger partial charge in [0.15, 0.2) is 0 Å². The Labute approximate surface area is 237 Å². The second-order valence-corrected chi connectivity index (χ2v) is 9.83. The molecule has 0 aromatic carbocycles. The van der Waals surface area contributed by atoms with Crippen LogP contribution in [0, 0.1) is 0 Å². The number of nitrogens with one attached hydrogen (secondary N) is 3. The van der Waals surface area contributed by atoms with E-state index in [0.29, 0.717) is 25.8 Å². The number of carbonyl (C=O) groups is 7. The van der Waals surface area contributed by atoms with E-state index >= 15 is 0 Å². The van der Waals surface area contributed by atoms with Crippen LogP contribution in [0.25, 0.3) is 0 Å². The Kier molecular flexibility index (Phi) is 15.0. The van der Waals surface area contributed by atoms with Gasteiger partial charge in [0.2, 0.25) is 35.4 Å². The quantitative estimate of drug-likeness (QED) is 0.0553. The molecule has 0 radical (unpaired) electrons. The van der Waals surface area contributed by atoms with Crippen molar-refractivity contribution >= 4 is 54.0 Å². The number of hydrogen-bond donors (Lipinski definition) is 9. The van der Waals surface area contributed by atoms with E-state index < -0.39 is 78.0 Å². The maximum atomic E-state index is 13.3. The molecule has 0 aliphatic carbocycles. The minimum atomic E-state index is -1.48. The van der Waals surface area contributed by atoms with Crippen LogP contribution in [0.15, 0.2) is 0 Å². The van der Waals surface area contributed by atoms with Crippen molar-refractivity contribution in [3.63, 3.8) is 0 Å². The predicted octanol–water partition coefficient (Wildman–Crippen LogP) is -3.96. The van der Waals surface area contributed by atoms with Crippen molar-refractivity contribution in [1.29, 1.82) is 0 Å². The predicted molar refractivity (Wildman–Crippen MR) is 145 cm³/mol. The third-order valence-electron chi connectivity index (χ3n) is 6.27. The van der Waals surface area contributed by atoms with Gasteiger partial charge in [0.05, 0.1) is 12.5 Å². The lowest BCUT2D eigenvalue weighted by atomic mass is 10.1. The highest BCUT2D eigenvalue weighted by molar-refractivity contribution is 7.80. The van der Waals surface area contributed by atoms with E-state index in [4.69, 9.17) is 22.9 Å². The van der Waals surface area contributed by atoms with E-state index in [-0.39, 0.29) is 38.0 Å². The number of primary amides is 2. The number of carboxylic acids is 1. The summed E-state index contributed by atoms with van der Waals surface area (Å²) in [4.78, 5) is 86.8. The molecule has 1 aliphatic heterocycles. The van der Waals surface area contributed by atoms with Crippen LogP contribution in [0.5, 0.6) is 0 Å². The molecule has 0 spiro atoms. The summed E-state index contributed by atoms with van der Waals surface area (Å²) in [6.45, 7) is 0.562. The van der Waals surface area contributed by atoms with Gasteiger partial charge in [-0.3, -0.25) is 28.8 Å². The highest BCUT2D eigenvalue weighted by Crippen LogP contribution is 2.19. The topological polar surface area (TPSA) is 283 Å². The van der Waals surface area contributed by atoms with Gasteiger partial charge in [0.25, 0.3) is 0 Å². The largest absolute Gasteiger partial charge is 0.480 e. The second-order valence-electron chi connectivity index (χ2n) is 9.46. The van der Waals surface area contributed by atoms with Crippen LogP contribution in [-0.4, -0.2) is 100 Å². The Morgan fingerprint density at radius 2 is 1.55 bits per heavy atom. The Morgan fingerprint density at radius 3 is 2.10 bits per heavy atom. The van der Waals surface area contributed by atoms with E-state index in [9.17, 15) is 38.7 Å². The number of nitrogens with two attached hydrogens (primary N) is 4. The molecule has 1 fully saturated rings. The molecule has 1 aliphatic rings. The molecule has 1 heterocycles. The maximum absolute atomic E-state index is 13.3. The average Bonchev–Trinajstić information content (AvgIpc) is 3.38. The highest BCUT2D eigenvalue weighted by atomic mass is 32.1. The van der Waals surface area contributed by atoms with Crippen molar-refractivity contribution < 1.29 is 38.7 Å². The SMILES string of the molecule is NCCCC[C@H](NC(=O)[C@@H]1CCCN1C(=O)[C@H](CS)NC(=O)[C@H](CC(N)=O)NC(=O)[C@@H](N)CCC(N)=O)C(=O)O. The Hall–Kier alpha value is -3.44. The number of unbranched alkanes of at least 4 members (excludes halogenated alkanes) is 1. The van der Waals surface area contributed by atoms with Crippen molar-refractivity contribution in [3.8, 4) is 0 Å². The van der Waals surface area contributed by atoms with Crippen LogP contribution in [-0.2, 0) is 33.6 Å². The molecule has 17 heteroatoms. The highest BCUT2D eigenvalue weighted by Gasteiger charge is 2.39. The first-order valence-corrected chi connectivity index (χ1v) is 13.5. The summed E-state index contributed by atoms with van der Waals surface area (Å²) in [7, 11) is 0. The van der Waals surface area contributed by atoms with Crippen LogP contribution < -0.4 is 38.9 Å². The van der Waals surface area contributed by atoms with Crippen molar-refractivity contribution in [3.05, 3.63) is 0 Å². The third kappa shape index (κ3) is 11.4. The van der Waals surface area contributed by atoms with Crippen LogP contribution in [0.4, 0.5) is 0 Å². The fourth-order valence-corrected chi connectivity index (χ4v) is 4.34. The molecular weight excluding hydrogens is 548 g/mol. The Bertz CT molecular complexity index is 952. The van der Waals surface area contributed by atoms with Crippen LogP contribution in [0.3, 0.4) is 0 Å². The van der Waals surface area contributed by atoms with Gasteiger partial charge in [0, 0.05) is 18.7 Å². The lowest BCUT2D eigenvalue weighted by Crippen LogP contribution is -2.59. The second kappa shape index (κ2) is 17.3. The van der Waals surface area contributed by atoms with Crippen molar-refractivity contribution in [2.75, 3.05) is 18.8 Å². The molecule has 6 amide bonds. The van der Waals surface area contributed by atoms with Crippen LogP contribution in [0.2, 0.25) is 0 Å². The molecule has 0 saturated carbocycles. The number of amides is 6. The molecule has 0 unspecified atom stereocenters. The number of aliphatic carboxylic acids is 1. The van der Waals surface area contributed by atoms with Gasteiger partial charge in [-0.15, -0.1) is 0 Å². The lowest BCUT2D eigenvalue weighted by molar-refractivity contribution is -0.145. The summed E-state index contributed by atoms with van der Waals surface area (Å²) in [5, 5.41) is 16.6. The summed E-state index contributed by atoms with van der Waals surface area (Å²) in [6.07, 6.45) is 1.12. The van der Waals surface area contributed by atoms with Crippen LogP contribution in [0.1, 0.15) is 51.4 Å². The Balaban J connectivity index is 2.92. The standard InChI is InChI=1S/C23H40N8O8S/c24-8-2-1-4-13(23(38)39)28-21(36)16-5-3-9-31(16)22(37)15(11-40)30-20(35)14(10-18(27)33)29-19(34)12(25)6-7-17(26)32/h12-16,40H,1-11,24-25H2,(H2,26,32)(H2,27,33)(H,28,36)(H,29,34)(H,30,35)(H,38,39)/t12-,13-,14-,15-,16-/m0/s1. The number of likely N-dealkylation sites (tertiary alicyclic amines) is 1. The lowest BCUT2D eigenvalue weighted by Gasteiger charge is -2.29. The molecule has 0 aromatic heterocycles. The first kappa shape index (κ1) is 34.6. The number of nitrogens with zero attached hydrogens (tertiary/aromatic N) is 1. The van der Waals surface area contributed by atoms with Crippen LogP contribution >= 0.6 is 12.6 Å². The number of hydrogen-bond acceptors (Lipinski definition) is 10. The van der Waals surface area contributed by atoms with Gasteiger partial charge in [-0.2, -0.15) is 12.6 Å². The number of carboxylic acid groups (broad SMARTS) is 1. The molecule has 5 atom stereocenters. The van der Waals surface area contributed by atoms with Gasteiger partial charge in [0.1, 0.15) is 24.2 Å². The molecule has 1 rings (SSSR count). The first-order valence-electron chi connectivity index (χ1n) is 12.9. The van der Waals surface area contributed by atoms with E-state index in [0.717, 1.165) is 0 Å². The molecule has 0 bridgehead atoms. The van der Waals surface area contributed by atoms with E-state index in [1.54, 1.807) is 0 Å². The molecule has 40 heavy (non-hydrogen) atoms. The minimum Gasteiger partial charge on any atom is -0.480 e. The third-order valence-corrected chi connectivity index (χ3v) is 6.64. The zero-order valence-electron chi connectivity index (χ0n) is 22.2. The number of rotatable bonds is 18. The van der Waals surface area contributed by atoms with E-state index in [1.807, 2.05) is 0 Å². The number of thiol groups is 1. The minimum absolute atomic E-state index is 0.0992. The molecular formula is C23H40N8O8S. The van der Waals surface area contributed by atoms with Gasteiger partial charge < -0.3 is 48.9 Å². The summed E-state index contributed by atoms with van der Waals surface area (Å²) >= 11 is 4.13. The van der Waals surface area contributed by atoms with Gasteiger partial charge in [-0.05, 0) is 45.1 Å². The Morgan fingerprint density at radius 1 is 0.900 bits per heavy atom. The summed E-state index contributed by atoms with van der Waals surface area (Å²) in [6, 6.07) is -6.05. The maximum Gasteiger partial charge on any atom is 0.326 e. The normalized spacial score (nSPS) is 17.7. The molecule has 12 N–H and O–H groups in total. The monoisotopic (exact) mass is 588 g/mol. The molecule has 16 nitrogen and oxygen atoms in total. The zero-order valence-corrected chi connectivity index (χ0v) is 23.1. The van der Waals surface area contributed by atoms with Crippen molar-refractivity contribution in [2.45, 2.75) is 81.6 Å². The average molecular weight is 589 g/mol. The first-order chi connectivity index (χ1) is 18.8. The smallest absolute Gasteiger partial charge is 0.326 e. The molecule has 0 aromatic rings.